The number of rotatable bonds is 8. The number of benzene rings is 1. The highest BCUT2D eigenvalue weighted by Crippen LogP contribution is 2.33. The molecule has 1 aromatic carbocycles. The number of hydrogen-bond acceptors (Lipinski definition) is 7. The molecule has 8 heteroatoms. The molecule has 3 N–H and O–H groups in total. The zero-order valence-corrected chi connectivity index (χ0v) is 18.9. The van der Waals surface area contributed by atoms with E-state index in [4.69, 9.17) is 4.74 Å². The molecule has 2 aromatic rings. The molecule has 1 aliphatic rings. The Morgan fingerprint density at radius 2 is 2.00 bits per heavy atom. The molecular formula is C21H30BrN5O2. The first-order valence-electron chi connectivity index (χ1n) is 9.99. The van der Waals surface area contributed by atoms with E-state index in [-0.39, 0.29) is 5.75 Å². The summed E-state index contributed by atoms with van der Waals surface area (Å²) in [5.74, 6) is 2.95. The van der Waals surface area contributed by atoms with E-state index >= 15 is 0 Å². The molecule has 29 heavy (non-hydrogen) atoms. The van der Waals surface area contributed by atoms with E-state index in [1.807, 2.05) is 31.1 Å². The van der Waals surface area contributed by atoms with E-state index in [9.17, 15) is 5.11 Å². The first-order valence-corrected chi connectivity index (χ1v) is 10.8. The van der Waals surface area contributed by atoms with Crippen LogP contribution in [-0.4, -0.2) is 48.9 Å². The summed E-state index contributed by atoms with van der Waals surface area (Å²) in [5.41, 5.74) is 0.838. The maximum Gasteiger partial charge on any atom is 0.224 e. The van der Waals surface area contributed by atoms with Crippen LogP contribution in [0.15, 0.2) is 28.9 Å². The van der Waals surface area contributed by atoms with Crippen molar-refractivity contribution in [3.05, 3.63) is 34.4 Å². The number of methoxy groups -OCH3 is 1. The third kappa shape index (κ3) is 5.96. The topological polar surface area (TPSA) is 82.5 Å². The molecule has 1 aromatic heterocycles. The highest BCUT2D eigenvalue weighted by atomic mass is 79.9. The Hall–Kier alpha value is -2.06. The van der Waals surface area contributed by atoms with Gasteiger partial charge in [-0.05, 0) is 56.3 Å². The van der Waals surface area contributed by atoms with Gasteiger partial charge >= 0.3 is 0 Å². The SMILES string of the molecule is COc1cc(Br)cc(CNCC2CCC(Nc3nccc(N(C)C)n3)CC2)c1O. The quantitative estimate of drug-likeness (QED) is 0.549. The van der Waals surface area contributed by atoms with Gasteiger partial charge in [-0.15, -0.1) is 0 Å². The molecule has 0 bridgehead atoms. The van der Waals surface area contributed by atoms with Gasteiger partial charge in [0.25, 0.3) is 0 Å². The monoisotopic (exact) mass is 463 g/mol. The Morgan fingerprint density at radius 1 is 1.24 bits per heavy atom. The second-order valence-electron chi connectivity index (χ2n) is 7.74. The molecule has 0 aliphatic heterocycles. The zero-order valence-electron chi connectivity index (χ0n) is 17.3. The second-order valence-corrected chi connectivity index (χ2v) is 8.66. The summed E-state index contributed by atoms with van der Waals surface area (Å²) in [6.07, 6.45) is 6.33. The van der Waals surface area contributed by atoms with Crippen LogP contribution in [0.2, 0.25) is 0 Å². The Kier molecular flexibility index (Phi) is 7.55. The number of nitrogens with zero attached hydrogens (tertiary/aromatic N) is 3. The van der Waals surface area contributed by atoms with Crippen molar-refractivity contribution in [2.75, 3.05) is 38.0 Å². The third-order valence-corrected chi connectivity index (χ3v) is 5.82. The zero-order chi connectivity index (χ0) is 20.8. The Bertz CT molecular complexity index is 810. The van der Waals surface area contributed by atoms with Crippen molar-refractivity contribution in [2.24, 2.45) is 5.92 Å². The van der Waals surface area contributed by atoms with Gasteiger partial charge in [0.1, 0.15) is 5.82 Å². The predicted octanol–water partition coefficient (Wildman–Crippen LogP) is 3.78. The molecule has 1 aliphatic carbocycles. The highest BCUT2D eigenvalue weighted by molar-refractivity contribution is 9.10. The van der Waals surface area contributed by atoms with Crippen molar-refractivity contribution in [3.63, 3.8) is 0 Å². The molecule has 3 rings (SSSR count). The molecule has 1 fully saturated rings. The average molecular weight is 464 g/mol. The van der Waals surface area contributed by atoms with Crippen molar-refractivity contribution in [1.29, 1.82) is 0 Å². The molecule has 7 nitrogen and oxygen atoms in total. The fourth-order valence-corrected chi connectivity index (χ4v) is 4.18. The van der Waals surface area contributed by atoms with Crippen molar-refractivity contribution in [3.8, 4) is 11.5 Å². The highest BCUT2D eigenvalue weighted by Gasteiger charge is 2.22. The molecule has 1 heterocycles. The van der Waals surface area contributed by atoms with Gasteiger partial charge in [-0.2, -0.15) is 4.98 Å². The Labute approximate surface area is 181 Å². The molecule has 1 saturated carbocycles. The fraction of sp³-hybridized carbons (Fsp3) is 0.524. The minimum Gasteiger partial charge on any atom is -0.504 e. The summed E-state index contributed by atoms with van der Waals surface area (Å²) in [6, 6.07) is 6.02. The average Bonchev–Trinajstić information content (AvgIpc) is 2.71. The molecule has 0 spiro atoms. The fourth-order valence-electron chi connectivity index (χ4n) is 3.69. The normalized spacial score (nSPS) is 19.0. The standard InChI is InChI=1S/C21H30BrN5O2/c1-27(2)19-8-9-24-21(26-19)25-17-6-4-14(5-7-17)12-23-13-15-10-16(22)11-18(29-3)20(15)28/h8-11,14,17,23,28H,4-7,12-13H2,1-3H3,(H,24,25,26). The first-order chi connectivity index (χ1) is 14.0. The number of phenols is 1. The largest absolute Gasteiger partial charge is 0.504 e. The maximum atomic E-state index is 10.3. The van der Waals surface area contributed by atoms with Crippen LogP contribution in [-0.2, 0) is 6.54 Å². The van der Waals surface area contributed by atoms with Crippen LogP contribution in [0.3, 0.4) is 0 Å². The van der Waals surface area contributed by atoms with Crippen LogP contribution >= 0.6 is 15.9 Å². The van der Waals surface area contributed by atoms with Gasteiger partial charge in [0.05, 0.1) is 7.11 Å². The van der Waals surface area contributed by atoms with Crippen LogP contribution in [0.25, 0.3) is 0 Å². The summed E-state index contributed by atoms with van der Waals surface area (Å²) in [7, 11) is 5.52. The predicted molar refractivity (Wildman–Crippen MR) is 120 cm³/mol. The van der Waals surface area contributed by atoms with E-state index in [1.54, 1.807) is 19.4 Å². The van der Waals surface area contributed by atoms with Crippen LogP contribution in [0.1, 0.15) is 31.2 Å². The van der Waals surface area contributed by atoms with Gasteiger partial charge in [-0.25, -0.2) is 4.98 Å². The molecule has 0 unspecified atom stereocenters. The lowest BCUT2D eigenvalue weighted by atomic mass is 9.86. The van der Waals surface area contributed by atoms with E-state index < -0.39 is 0 Å². The number of nitrogens with one attached hydrogen (secondary N) is 2. The van der Waals surface area contributed by atoms with Crippen LogP contribution < -0.4 is 20.3 Å². The van der Waals surface area contributed by atoms with Gasteiger partial charge in [0.15, 0.2) is 11.5 Å². The summed E-state index contributed by atoms with van der Waals surface area (Å²) >= 11 is 3.46. The lowest BCUT2D eigenvalue weighted by molar-refractivity contribution is 0.322. The van der Waals surface area contributed by atoms with Crippen LogP contribution in [0.5, 0.6) is 11.5 Å². The number of aromatic nitrogens is 2. The van der Waals surface area contributed by atoms with Gasteiger partial charge in [0.2, 0.25) is 5.95 Å². The summed E-state index contributed by atoms with van der Waals surface area (Å²) < 4.78 is 6.12. The smallest absolute Gasteiger partial charge is 0.224 e. The van der Waals surface area contributed by atoms with E-state index in [0.717, 1.165) is 48.1 Å². The summed E-state index contributed by atoms with van der Waals surface area (Å²) in [4.78, 5) is 10.9. The van der Waals surface area contributed by atoms with Crippen molar-refractivity contribution < 1.29 is 9.84 Å². The minimum atomic E-state index is 0.205. The molecule has 158 valence electrons. The number of anilines is 2. The second kappa shape index (κ2) is 10.1. The van der Waals surface area contributed by atoms with E-state index in [0.29, 0.717) is 30.2 Å². The first kappa shape index (κ1) is 21.6. The number of hydrogen-bond donors (Lipinski definition) is 3. The van der Waals surface area contributed by atoms with Gasteiger partial charge < -0.3 is 25.4 Å². The van der Waals surface area contributed by atoms with Gasteiger partial charge in [-0.1, -0.05) is 15.9 Å². The minimum absolute atomic E-state index is 0.205. The van der Waals surface area contributed by atoms with E-state index in [1.165, 1.54) is 0 Å². The van der Waals surface area contributed by atoms with Gasteiger partial charge in [-0.3, -0.25) is 0 Å². The Balaban J connectivity index is 1.44. The van der Waals surface area contributed by atoms with Crippen molar-refractivity contribution in [1.82, 2.24) is 15.3 Å². The maximum absolute atomic E-state index is 10.3. The summed E-state index contributed by atoms with van der Waals surface area (Å²) in [6.45, 7) is 1.55. The van der Waals surface area contributed by atoms with Gasteiger partial charge in [0, 0.05) is 42.9 Å². The molecular weight excluding hydrogens is 434 g/mol. The number of halogens is 1. The molecule has 0 radical (unpaired) electrons. The number of ether oxygens (including phenoxy) is 1. The van der Waals surface area contributed by atoms with Crippen molar-refractivity contribution in [2.45, 2.75) is 38.3 Å². The van der Waals surface area contributed by atoms with E-state index in [2.05, 4.69) is 36.5 Å². The molecule has 0 saturated heterocycles. The molecule has 0 atom stereocenters. The van der Waals surface area contributed by atoms with Crippen molar-refractivity contribution >= 4 is 27.7 Å². The number of phenolic OH excluding ortho intramolecular Hbond substituents is 1. The lowest BCUT2D eigenvalue weighted by Gasteiger charge is -2.29. The van der Waals surface area contributed by atoms with Crippen LogP contribution in [0.4, 0.5) is 11.8 Å². The lowest BCUT2D eigenvalue weighted by Crippen LogP contribution is -2.31. The molecule has 0 amide bonds. The van der Waals surface area contributed by atoms with Crippen LogP contribution in [0, 0.1) is 5.92 Å². The summed E-state index contributed by atoms with van der Waals surface area (Å²) in [5, 5.41) is 17.2. The Morgan fingerprint density at radius 3 is 2.69 bits per heavy atom. The third-order valence-electron chi connectivity index (χ3n) is 5.37. The number of aromatic hydroxyl groups is 1.